The van der Waals surface area contributed by atoms with Gasteiger partial charge < -0.3 is 14.0 Å². The fraction of sp³-hybridized carbons (Fsp3) is 0.316. The number of carbonyl (C=O) groups excluding carboxylic acids is 3. The van der Waals surface area contributed by atoms with Gasteiger partial charge in [0.25, 0.3) is 0 Å². The van der Waals surface area contributed by atoms with E-state index in [0.717, 1.165) is 26.5 Å². The molecule has 1 aromatic heterocycles. The van der Waals surface area contributed by atoms with Gasteiger partial charge in [0.1, 0.15) is 10.7 Å². The van der Waals surface area contributed by atoms with Crippen molar-refractivity contribution in [3.8, 4) is 0 Å². The van der Waals surface area contributed by atoms with Gasteiger partial charge in [-0.25, -0.2) is 8.42 Å². The van der Waals surface area contributed by atoms with E-state index < -0.39 is 33.5 Å². The summed E-state index contributed by atoms with van der Waals surface area (Å²) in [6, 6.07) is 7.13. The van der Waals surface area contributed by atoms with Crippen LogP contribution in [-0.4, -0.2) is 51.2 Å². The molecule has 1 aromatic carbocycles. The minimum atomic E-state index is -3.78. The third-order valence-corrected chi connectivity index (χ3v) is 5.96. The maximum atomic E-state index is 13.0. The molecule has 1 heterocycles. The van der Waals surface area contributed by atoms with Crippen LogP contribution >= 0.6 is 23.2 Å². The zero-order chi connectivity index (χ0) is 22.6. The van der Waals surface area contributed by atoms with Gasteiger partial charge in [0.2, 0.25) is 5.78 Å². The van der Waals surface area contributed by atoms with Crippen molar-refractivity contribution in [1.82, 2.24) is 4.57 Å². The second kappa shape index (κ2) is 9.63. The highest BCUT2D eigenvalue weighted by atomic mass is 35.5. The van der Waals surface area contributed by atoms with Crippen LogP contribution in [0.4, 0.5) is 0 Å². The lowest BCUT2D eigenvalue weighted by Gasteiger charge is -2.16. The molecular formula is C19H19Cl2NO7S. The van der Waals surface area contributed by atoms with Crippen LogP contribution in [0.3, 0.4) is 0 Å². The van der Waals surface area contributed by atoms with Crippen LogP contribution in [0.2, 0.25) is 10.0 Å². The molecule has 0 bridgehead atoms. The van der Waals surface area contributed by atoms with Gasteiger partial charge in [0.05, 0.1) is 19.2 Å². The second-order valence-electron chi connectivity index (χ2n) is 6.33. The smallest absolute Gasteiger partial charge is 0.320 e. The van der Waals surface area contributed by atoms with E-state index in [2.05, 4.69) is 9.47 Å². The minimum absolute atomic E-state index is 0.0805. The van der Waals surface area contributed by atoms with Gasteiger partial charge in [-0.2, -0.15) is 0 Å². The lowest BCUT2D eigenvalue weighted by molar-refractivity contribution is -0.159. The largest absolute Gasteiger partial charge is 0.468 e. The molecule has 8 nitrogen and oxygen atoms in total. The summed E-state index contributed by atoms with van der Waals surface area (Å²) in [6.45, 7) is -0.182. The van der Waals surface area contributed by atoms with Crippen LogP contribution in [-0.2, 0) is 35.4 Å². The Morgan fingerprint density at radius 1 is 1.03 bits per heavy atom. The first-order chi connectivity index (χ1) is 14.0. The van der Waals surface area contributed by atoms with E-state index in [4.69, 9.17) is 23.2 Å². The predicted octanol–water partition coefficient (Wildman–Crippen LogP) is 2.78. The standard InChI is InChI=1S/C19H19Cl2NO7S/c1-28-18(24)13(19(25)29-2)8-9-22-15(30(3,26)27)10-14(21)16(22)17(23)11-4-6-12(20)7-5-11/h4-7,10,13H,8-9H2,1-3H3. The minimum Gasteiger partial charge on any atom is -0.468 e. The van der Waals surface area contributed by atoms with E-state index in [0.29, 0.717) is 5.02 Å². The zero-order valence-corrected chi connectivity index (χ0v) is 18.7. The number of halogens is 2. The number of carbonyl (C=O) groups is 3. The monoisotopic (exact) mass is 475 g/mol. The van der Waals surface area contributed by atoms with Crippen molar-refractivity contribution >= 4 is 50.8 Å². The molecule has 30 heavy (non-hydrogen) atoms. The summed E-state index contributed by atoms with van der Waals surface area (Å²) in [5.41, 5.74) is 0.145. The van der Waals surface area contributed by atoms with Gasteiger partial charge >= 0.3 is 11.9 Å². The van der Waals surface area contributed by atoms with E-state index >= 15 is 0 Å². The van der Waals surface area contributed by atoms with E-state index in [1.807, 2.05) is 0 Å². The number of hydrogen-bond acceptors (Lipinski definition) is 7. The number of sulfone groups is 1. The Kier molecular flexibility index (Phi) is 7.68. The number of benzene rings is 1. The Bertz CT molecular complexity index is 1060. The molecule has 0 saturated heterocycles. The summed E-state index contributed by atoms with van der Waals surface area (Å²) < 4.78 is 34.9. The van der Waals surface area contributed by atoms with Gasteiger partial charge in [-0.1, -0.05) is 23.2 Å². The highest BCUT2D eigenvalue weighted by Crippen LogP contribution is 2.29. The molecular weight excluding hydrogens is 457 g/mol. The van der Waals surface area contributed by atoms with Gasteiger partial charge in [-0.3, -0.25) is 14.4 Å². The van der Waals surface area contributed by atoms with Gasteiger partial charge in [0, 0.05) is 23.4 Å². The lowest BCUT2D eigenvalue weighted by Crippen LogP contribution is -2.28. The van der Waals surface area contributed by atoms with E-state index in [9.17, 15) is 22.8 Å². The van der Waals surface area contributed by atoms with Gasteiger partial charge in [-0.15, -0.1) is 0 Å². The van der Waals surface area contributed by atoms with Crippen molar-refractivity contribution in [1.29, 1.82) is 0 Å². The average molecular weight is 476 g/mol. The third-order valence-electron chi connectivity index (χ3n) is 4.33. The quantitative estimate of drug-likeness (QED) is 0.328. The summed E-state index contributed by atoms with van der Waals surface area (Å²) in [7, 11) is -1.56. The fourth-order valence-electron chi connectivity index (χ4n) is 2.87. The molecule has 0 N–H and O–H groups in total. The highest BCUT2D eigenvalue weighted by Gasteiger charge is 2.31. The molecule has 0 aliphatic heterocycles. The summed E-state index contributed by atoms with van der Waals surface area (Å²) in [5, 5.41) is 0.116. The molecule has 2 aromatic rings. The third kappa shape index (κ3) is 5.21. The lowest BCUT2D eigenvalue weighted by atomic mass is 10.1. The van der Waals surface area contributed by atoms with E-state index in [1.54, 1.807) is 0 Å². The van der Waals surface area contributed by atoms with Crippen molar-refractivity contribution in [3.63, 3.8) is 0 Å². The molecule has 0 atom stereocenters. The Labute approximate surface area is 183 Å². The number of rotatable bonds is 8. The molecule has 0 spiro atoms. The van der Waals surface area contributed by atoms with Crippen molar-refractivity contribution in [2.24, 2.45) is 5.92 Å². The predicted molar refractivity (Wildman–Crippen MR) is 110 cm³/mol. The van der Waals surface area contributed by atoms with E-state index in [-0.39, 0.29) is 34.3 Å². The molecule has 0 unspecified atom stereocenters. The summed E-state index contributed by atoms with van der Waals surface area (Å²) in [6.07, 6.45) is 0.789. The van der Waals surface area contributed by atoms with Crippen LogP contribution in [0.25, 0.3) is 0 Å². The Balaban J connectivity index is 2.53. The number of hydrogen-bond donors (Lipinski definition) is 0. The molecule has 0 amide bonds. The van der Waals surface area contributed by atoms with Crippen molar-refractivity contribution in [2.75, 3.05) is 20.5 Å². The normalized spacial score (nSPS) is 11.4. The number of ether oxygens (including phenoxy) is 2. The molecule has 2 rings (SSSR count). The van der Waals surface area contributed by atoms with Gasteiger partial charge in [-0.05, 0) is 36.8 Å². The number of nitrogens with zero attached hydrogens (tertiary/aromatic N) is 1. The van der Waals surface area contributed by atoms with Crippen LogP contribution < -0.4 is 0 Å². The van der Waals surface area contributed by atoms with Crippen LogP contribution in [0.1, 0.15) is 22.5 Å². The summed E-state index contributed by atoms with van der Waals surface area (Å²) in [5.74, 6) is -3.52. The molecule has 0 aliphatic rings. The van der Waals surface area contributed by atoms with E-state index in [1.165, 1.54) is 28.8 Å². The first-order valence-corrected chi connectivity index (χ1v) is 11.2. The average Bonchev–Trinajstić information content (AvgIpc) is 3.04. The SMILES string of the molecule is COC(=O)C(CCn1c(S(C)(=O)=O)cc(Cl)c1C(=O)c1ccc(Cl)cc1)C(=O)OC. The Morgan fingerprint density at radius 3 is 2.03 bits per heavy atom. The summed E-state index contributed by atoms with van der Waals surface area (Å²) >= 11 is 12.1. The van der Waals surface area contributed by atoms with Crippen LogP contribution in [0.15, 0.2) is 35.4 Å². The van der Waals surface area contributed by atoms with Crippen LogP contribution in [0, 0.1) is 5.92 Å². The molecule has 11 heteroatoms. The molecule has 0 fully saturated rings. The highest BCUT2D eigenvalue weighted by molar-refractivity contribution is 7.90. The Morgan fingerprint density at radius 2 is 1.57 bits per heavy atom. The fourth-order valence-corrected chi connectivity index (χ4v) is 4.26. The maximum absolute atomic E-state index is 13.0. The van der Waals surface area contributed by atoms with Crippen LogP contribution in [0.5, 0.6) is 0 Å². The molecule has 0 aliphatic carbocycles. The number of aromatic nitrogens is 1. The second-order valence-corrected chi connectivity index (χ2v) is 9.13. The molecule has 0 saturated carbocycles. The maximum Gasteiger partial charge on any atom is 0.320 e. The molecule has 0 radical (unpaired) electrons. The summed E-state index contributed by atoms with van der Waals surface area (Å²) in [4.78, 5) is 36.9. The topological polar surface area (TPSA) is 109 Å². The first-order valence-electron chi connectivity index (χ1n) is 8.56. The Hall–Kier alpha value is -2.36. The van der Waals surface area contributed by atoms with Gasteiger partial charge in [0.15, 0.2) is 15.8 Å². The van der Waals surface area contributed by atoms with Crippen molar-refractivity contribution in [2.45, 2.75) is 18.0 Å². The molecule has 162 valence electrons. The zero-order valence-electron chi connectivity index (χ0n) is 16.3. The number of ketones is 1. The van der Waals surface area contributed by atoms with Crippen molar-refractivity contribution < 1.29 is 32.3 Å². The number of methoxy groups -OCH3 is 2. The number of esters is 2. The van der Waals surface area contributed by atoms with Crippen molar-refractivity contribution in [3.05, 3.63) is 51.6 Å². The first kappa shape index (κ1) is 23.9.